The number of para-hydroxylation sites is 1. The van der Waals surface area contributed by atoms with Crippen molar-refractivity contribution in [3.63, 3.8) is 0 Å². The Kier molecular flexibility index (Phi) is 10.4. The van der Waals surface area contributed by atoms with Gasteiger partial charge in [-0.25, -0.2) is 5.43 Å². The monoisotopic (exact) mass is 516 g/mol. The molecule has 9 nitrogen and oxygen atoms in total. The first-order valence-electron chi connectivity index (χ1n) is 12.4. The van der Waals surface area contributed by atoms with Crippen LogP contribution < -0.4 is 25.5 Å². The number of nitrogens with zero attached hydrogens (tertiary/aromatic N) is 1. The molecule has 0 atom stereocenters. The molecule has 3 aromatic carbocycles. The zero-order valence-corrected chi connectivity index (χ0v) is 21.7. The number of anilines is 2. The lowest BCUT2D eigenvalue weighted by molar-refractivity contribution is -0.136. The number of aryl methyl sites for hydroxylation is 2. The van der Waals surface area contributed by atoms with Gasteiger partial charge in [-0.2, -0.15) is 5.10 Å². The molecule has 3 rings (SSSR count). The highest BCUT2D eigenvalue weighted by Gasteiger charge is 2.14. The fourth-order valence-corrected chi connectivity index (χ4v) is 3.50. The van der Waals surface area contributed by atoms with E-state index in [9.17, 15) is 14.4 Å². The molecule has 9 heteroatoms. The van der Waals surface area contributed by atoms with Gasteiger partial charge in [0.1, 0.15) is 0 Å². The summed E-state index contributed by atoms with van der Waals surface area (Å²) in [6.07, 6.45) is 3.02. The molecule has 0 aliphatic rings. The summed E-state index contributed by atoms with van der Waals surface area (Å²) in [5, 5.41) is 9.25. The van der Waals surface area contributed by atoms with E-state index >= 15 is 0 Å². The van der Waals surface area contributed by atoms with E-state index in [0.717, 1.165) is 18.4 Å². The van der Waals surface area contributed by atoms with Crippen molar-refractivity contribution in [1.29, 1.82) is 0 Å². The van der Waals surface area contributed by atoms with Gasteiger partial charge >= 0.3 is 11.8 Å². The molecule has 38 heavy (non-hydrogen) atoms. The van der Waals surface area contributed by atoms with Crippen LogP contribution in [-0.4, -0.2) is 37.1 Å². The van der Waals surface area contributed by atoms with E-state index in [1.807, 2.05) is 50.2 Å². The standard InChI is InChI=1S/C29H32N4O5/c1-4-20-11-14-23(15-12-20)31-27(34)19-38-25-16-13-21(17-26(25)37-6-3)18-30-33-29(36)28(35)32-24-10-8-7-9-22(24)5-2/h7-18H,4-6,19H2,1-3H3,(H,31,34)(H,32,35)(H,33,36)/b30-18-. The predicted octanol–water partition coefficient (Wildman–Crippen LogP) is 4.32. The Morgan fingerprint density at radius 1 is 0.816 bits per heavy atom. The van der Waals surface area contributed by atoms with Gasteiger partial charge in [-0.3, -0.25) is 14.4 Å². The molecule has 3 N–H and O–H groups in total. The summed E-state index contributed by atoms with van der Waals surface area (Å²) in [7, 11) is 0. The number of hydrogen-bond donors (Lipinski definition) is 3. The van der Waals surface area contributed by atoms with Gasteiger partial charge in [-0.15, -0.1) is 0 Å². The van der Waals surface area contributed by atoms with Crippen LogP contribution >= 0.6 is 0 Å². The summed E-state index contributed by atoms with van der Waals surface area (Å²) < 4.78 is 11.3. The third kappa shape index (κ3) is 8.19. The van der Waals surface area contributed by atoms with Crippen LogP contribution in [0, 0.1) is 0 Å². The first kappa shape index (κ1) is 27.9. The predicted molar refractivity (Wildman–Crippen MR) is 148 cm³/mol. The Morgan fingerprint density at radius 2 is 1.58 bits per heavy atom. The van der Waals surface area contributed by atoms with Crippen molar-refractivity contribution in [3.05, 3.63) is 83.4 Å². The molecule has 0 bridgehead atoms. The normalized spacial score (nSPS) is 10.6. The van der Waals surface area contributed by atoms with E-state index in [1.165, 1.54) is 11.8 Å². The van der Waals surface area contributed by atoms with Gasteiger partial charge in [0, 0.05) is 11.4 Å². The summed E-state index contributed by atoms with van der Waals surface area (Å²) in [6, 6.07) is 19.9. The Morgan fingerprint density at radius 3 is 2.29 bits per heavy atom. The third-order valence-corrected chi connectivity index (χ3v) is 5.50. The van der Waals surface area contributed by atoms with E-state index in [1.54, 1.807) is 30.3 Å². The third-order valence-electron chi connectivity index (χ3n) is 5.50. The fourth-order valence-electron chi connectivity index (χ4n) is 3.50. The van der Waals surface area contributed by atoms with E-state index in [0.29, 0.717) is 35.0 Å². The van der Waals surface area contributed by atoms with Gasteiger partial charge in [0.05, 0.1) is 12.8 Å². The molecule has 0 aliphatic carbocycles. The highest BCUT2D eigenvalue weighted by molar-refractivity contribution is 6.39. The first-order chi connectivity index (χ1) is 18.4. The van der Waals surface area contributed by atoms with Gasteiger partial charge in [0.2, 0.25) is 0 Å². The summed E-state index contributed by atoms with van der Waals surface area (Å²) in [4.78, 5) is 36.7. The first-order valence-corrected chi connectivity index (χ1v) is 12.4. The molecule has 0 saturated carbocycles. The van der Waals surface area contributed by atoms with Crippen LogP contribution in [0.3, 0.4) is 0 Å². The number of carbonyl (C=O) groups excluding carboxylic acids is 3. The molecular formula is C29H32N4O5. The molecule has 0 saturated heterocycles. The molecule has 0 spiro atoms. The molecule has 3 amide bonds. The molecule has 0 unspecified atom stereocenters. The van der Waals surface area contributed by atoms with Gasteiger partial charge in [0.25, 0.3) is 5.91 Å². The van der Waals surface area contributed by atoms with Crippen molar-refractivity contribution in [3.8, 4) is 11.5 Å². The molecule has 198 valence electrons. The van der Waals surface area contributed by atoms with Gasteiger partial charge in [0.15, 0.2) is 18.1 Å². The van der Waals surface area contributed by atoms with Crippen LogP contribution in [0.2, 0.25) is 0 Å². The molecule has 0 fully saturated rings. The maximum Gasteiger partial charge on any atom is 0.329 e. The Labute approximate surface area is 222 Å². The number of benzene rings is 3. The van der Waals surface area contributed by atoms with Gasteiger partial charge in [-0.05, 0) is 72.9 Å². The average Bonchev–Trinajstić information content (AvgIpc) is 2.93. The highest BCUT2D eigenvalue weighted by atomic mass is 16.5. The van der Waals surface area contributed by atoms with Crippen LogP contribution in [0.1, 0.15) is 37.5 Å². The van der Waals surface area contributed by atoms with Gasteiger partial charge in [-0.1, -0.05) is 44.2 Å². The number of hydrazone groups is 1. The van der Waals surface area contributed by atoms with Crippen LogP contribution in [-0.2, 0) is 27.2 Å². The Bertz CT molecular complexity index is 1290. The molecule has 0 aromatic heterocycles. The second-order valence-electron chi connectivity index (χ2n) is 8.19. The number of nitrogens with one attached hydrogen (secondary N) is 3. The van der Waals surface area contributed by atoms with E-state index < -0.39 is 11.8 Å². The summed E-state index contributed by atoms with van der Waals surface area (Å²) in [6.45, 7) is 6.03. The number of rotatable bonds is 11. The van der Waals surface area contributed by atoms with E-state index in [4.69, 9.17) is 9.47 Å². The number of ether oxygens (including phenoxy) is 2. The van der Waals surface area contributed by atoms with Crippen LogP contribution in [0.25, 0.3) is 0 Å². The lowest BCUT2D eigenvalue weighted by Gasteiger charge is -2.13. The molecule has 0 radical (unpaired) electrons. The number of hydrogen-bond acceptors (Lipinski definition) is 6. The fraction of sp³-hybridized carbons (Fsp3) is 0.241. The quantitative estimate of drug-likeness (QED) is 0.199. The van der Waals surface area contributed by atoms with E-state index in [-0.39, 0.29) is 12.5 Å². The SMILES string of the molecule is CCOc1cc(/C=N\NC(=O)C(=O)Nc2ccccc2CC)ccc1OCC(=O)Nc1ccc(CC)cc1. The second kappa shape index (κ2) is 14.2. The minimum absolute atomic E-state index is 0.199. The molecule has 0 heterocycles. The number of carbonyl (C=O) groups is 3. The minimum atomic E-state index is -0.896. The molecular weight excluding hydrogens is 484 g/mol. The number of amides is 3. The van der Waals surface area contributed by atoms with E-state index in [2.05, 4.69) is 28.1 Å². The van der Waals surface area contributed by atoms with Crippen molar-refractivity contribution in [2.24, 2.45) is 5.10 Å². The molecule has 0 aliphatic heterocycles. The minimum Gasteiger partial charge on any atom is -0.490 e. The maximum absolute atomic E-state index is 12.3. The Balaban J connectivity index is 1.55. The topological polar surface area (TPSA) is 118 Å². The zero-order valence-electron chi connectivity index (χ0n) is 21.7. The van der Waals surface area contributed by atoms with Crippen LogP contribution in [0.15, 0.2) is 71.8 Å². The average molecular weight is 517 g/mol. The van der Waals surface area contributed by atoms with Crippen LogP contribution in [0.4, 0.5) is 11.4 Å². The maximum atomic E-state index is 12.3. The summed E-state index contributed by atoms with van der Waals surface area (Å²) in [5.41, 5.74) is 6.20. The van der Waals surface area contributed by atoms with Crippen LogP contribution in [0.5, 0.6) is 11.5 Å². The summed E-state index contributed by atoms with van der Waals surface area (Å²) in [5.74, 6) is -1.21. The summed E-state index contributed by atoms with van der Waals surface area (Å²) >= 11 is 0. The largest absolute Gasteiger partial charge is 0.490 e. The van der Waals surface area contributed by atoms with Crippen molar-refractivity contribution in [1.82, 2.24) is 5.43 Å². The smallest absolute Gasteiger partial charge is 0.329 e. The van der Waals surface area contributed by atoms with Crippen molar-refractivity contribution in [2.45, 2.75) is 33.6 Å². The lowest BCUT2D eigenvalue weighted by atomic mass is 10.1. The van der Waals surface area contributed by atoms with Crippen molar-refractivity contribution in [2.75, 3.05) is 23.8 Å². The zero-order chi connectivity index (χ0) is 27.3. The molecule has 3 aromatic rings. The second-order valence-corrected chi connectivity index (χ2v) is 8.19. The van der Waals surface area contributed by atoms with Gasteiger partial charge < -0.3 is 20.1 Å². The Hall–Kier alpha value is -4.66. The van der Waals surface area contributed by atoms with Crippen molar-refractivity contribution < 1.29 is 23.9 Å². The van der Waals surface area contributed by atoms with Crippen molar-refractivity contribution >= 4 is 35.3 Å². The lowest BCUT2D eigenvalue weighted by Crippen LogP contribution is -2.32. The highest BCUT2D eigenvalue weighted by Crippen LogP contribution is 2.28.